The molecule has 1 aliphatic heterocycles. The first-order valence-corrected chi connectivity index (χ1v) is 6.45. The van der Waals surface area contributed by atoms with Gasteiger partial charge in [-0.2, -0.15) is 0 Å². The van der Waals surface area contributed by atoms with E-state index in [0.29, 0.717) is 13.0 Å². The lowest BCUT2D eigenvalue weighted by molar-refractivity contribution is -0.118. The van der Waals surface area contributed by atoms with Crippen molar-refractivity contribution in [1.82, 2.24) is 0 Å². The lowest BCUT2D eigenvalue weighted by Crippen LogP contribution is -2.36. The predicted molar refractivity (Wildman–Crippen MR) is 67.9 cm³/mol. The van der Waals surface area contributed by atoms with Crippen molar-refractivity contribution in [2.75, 3.05) is 23.7 Å². The van der Waals surface area contributed by atoms with Gasteiger partial charge in [0.05, 0.1) is 5.69 Å². The van der Waals surface area contributed by atoms with Crippen molar-refractivity contribution in [1.29, 1.82) is 0 Å². The van der Waals surface area contributed by atoms with Crippen LogP contribution < -0.4 is 10.6 Å². The van der Waals surface area contributed by atoms with E-state index in [2.05, 4.69) is 13.0 Å². The number of hydrogen-bond acceptors (Lipinski definition) is 3. The summed E-state index contributed by atoms with van der Waals surface area (Å²) >= 11 is 1.82. The summed E-state index contributed by atoms with van der Waals surface area (Å²) in [6, 6.07) is 6.22. The van der Waals surface area contributed by atoms with Crippen LogP contribution >= 0.6 is 11.8 Å². The van der Waals surface area contributed by atoms with Gasteiger partial charge in [-0.3, -0.25) is 4.79 Å². The van der Waals surface area contributed by atoms with Gasteiger partial charge >= 0.3 is 0 Å². The Morgan fingerprint density at radius 3 is 3.12 bits per heavy atom. The van der Waals surface area contributed by atoms with Crippen molar-refractivity contribution in [3.63, 3.8) is 0 Å². The number of thioether (sulfide) groups is 1. The second kappa shape index (κ2) is 4.89. The van der Waals surface area contributed by atoms with Crippen molar-refractivity contribution in [2.24, 2.45) is 5.73 Å². The molecule has 2 rings (SSSR count). The number of fused-ring (bicyclic) bond motifs is 1. The summed E-state index contributed by atoms with van der Waals surface area (Å²) in [7, 11) is 0. The predicted octanol–water partition coefficient (Wildman–Crippen LogP) is 1.78. The molecule has 1 aliphatic rings. The maximum Gasteiger partial charge on any atom is 0.228 e. The van der Waals surface area contributed by atoms with Gasteiger partial charge in [-0.1, -0.05) is 6.07 Å². The van der Waals surface area contributed by atoms with Crippen molar-refractivity contribution in [3.05, 3.63) is 23.8 Å². The number of aryl methyl sites for hydroxylation is 1. The smallest absolute Gasteiger partial charge is 0.228 e. The van der Waals surface area contributed by atoms with E-state index in [0.717, 1.165) is 18.0 Å². The molecule has 0 fully saturated rings. The van der Waals surface area contributed by atoms with Gasteiger partial charge in [0.25, 0.3) is 0 Å². The highest BCUT2D eigenvalue weighted by Crippen LogP contribution is 2.35. The molecule has 2 N–H and O–H groups in total. The monoisotopic (exact) mass is 236 g/mol. The minimum absolute atomic E-state index is 0.132. The fourth-order valence-corrected chi connectivity index (χ4v) is 2.93. The molecule has 1 aromatic rings. The summed E-state index contributed by atoms with van der Waals surface area (Å²) in [6.45, 7) is 3.28. The number of benzene rings is 1. The zero-order valence-corrected chi connectivity index (χ0v) is 10.2. The molecule has 1 aromatic carbocycles. The Morgan fingerprint density at radius 2 is 2.38 bits per heavy atom. The van der Waals surface area contributed by atoms with E-state index < -0.39 is 0 Å². The summed E-state index contributed by atoms with van der Waals surface area (Å²) < 4.78 is 0. The molecule has 0 atom stereocenters. The molecule has 0 bridgehead atoms. The Balaban J connectivity index is 2.29. The average molecular weight is 236 g/mol. The van der Waals surface area contributed by atoms with Gasteiger partial charge in [0.15, 0.2) is 0 Å². The first-order valence-electron chi connectivity index (χ1n) is 5.46. The molecular formula is C12H16N2OS. The molecule has 3 nitrogen and oxygen atoms in total. The molecule has 86 valence electrons. The molecule has 0 unspecified atom stereocenters. The Morgan fingerprint density at radius 1 is 1.56 bits per heavy atom. The number of carbonyl (C=O) groups excluding carboxylic acids is 1. The summed E-state index contributed by atoms with van der Waals surface area (Å²) in [4.78, 5) is 14.9. The van der Waals surface area contributed by atoms with Crippen LogP contribution in [-0.2, 0) is 4.79 Å². The van der Waals surface area contributed by atoms with E-state index in [1.54, 1.807) is 0 Å². The van der Waals surface area contributed by atoms with Crippen LogP contribution in [0, 0.1) is 6.92 Å². The van der Waals surface area contributed by atoms with E-state index in [4.69, 9.17) is 5.73 Å². The SMILES string of the molecule is Cc1ccc2c(c1)SCCN2C(=O)CCN. The minimum Gasteiger partial charge on any atom is -0.330 e. The first-order chi connectivity index (χ1) is 7.72. The molecule has 0 spiro atoms. The molecule has 0 aromatic heterocycles. The van der Waals surface area contributed by atoms with Gasteiger partial charge in [0.2, 0.25) is 5.91 Å². The average Bonchev–Trinajstić information content (AvgIpc) is 2.28. The van der Waals surface area contributed by atoms with Crippen molar-refractivity contribution in [3.8, 4) is 0 Å². The van der Waals surface area contributed by atoms with Gasteiger partial charge in [0, 0.05) is 30.2 Å². The second-order valence-electron chi connectivity index (χ2n) is 3.90. The summed E-state index contributed by atoms with van der Waals surface area (Å²) in [5, 5.41) is 0. The number of carbonyl (C=O) groups is 1. The van der Waals surface area contributed by atoms with Crippen molar-refractivity contribution < 1.29 is 4.79 Å². The Bertz CT molecular complexity index is 406. The normalized spacial score (nSPS) is 14.8. The third-order valence-corrected chi connectivity index (χ3v) is 3.66. The van der Waals surface area contributed by atoms with Crippen LogP contribution in [0.5, 0.6) is 0 Å². The minimum atomic E-state index is 0.132. The van der Waals surface area contributed by atoms with E-state index in [-0.39, 0.29) is 5.91 Å². The Hall–Kier alpha value is -1.00. The fourth-order valence-electron chi connectivity index (χ4n) is 1.84. The molecule has 4 heteroatoms. The molecule has 16 heavy (non-hydrogen) atoms. The number of hydrogen-bond donors (Lipinski definition) is 1. The van der Waals surface area contributed by atoms with Crippen LogP contribution in [0.15, 0.2) is 23.1 Å². The molecule has 1 amide bonds. The van der Waals surface area contributed by atoms with Crippen LogP contribution in [0.1, 0.15) is 12.0 Å². The highest BCUT2D eigenvalue weighted by atomic mass is 32.2. The summed E-state index contributed by atoms with van der Waals surface area (Å²) in [5.41, 5.74) is 7.70. The third kappa shape index (κ3) is 2.23. The van der Waals surface area contributed by atoms with E-state index in [1.165, 1.54) is 10.5 Å². The molecule has 0 aliphatic carbocycles. The highest BCUT2D eigenvalue weighted by Gasteiger charge is 2.21. The lowest BCUT2D eigenvalue weighted by atomic mass is 10.2. The number of amides is 1. The third-order valence-electron chi connectivity index (χ3n) is 2.64. The highest BCUT2D eigenvalue weighted by molar-refractivity contribution is 7.99. The maximum atomic E-state index is 11.9. The largest absolute Gasteiger partial charge is 0.330 e. The van der Waals surface area contributed by atoms with Crippen molar-refractivity contribution >= 4 is 23.4 Å². The lowest BCUT2D eigenvalue weighted by Gasteiger charge is -2.29. The van der Waals surface area contributed by atoms with Gasteiger partial charge in [-0.15, -0.1) is 11.8 Å². The van der Waals surface area contributed by atoms with Crippen LogP contribution in [0.4, 0.5) is 5.69 Å². The van der Waals surface area contributed by atoms with E-state index in [1.807, 2.05) is 28.8 Å². The molecule has 0 saturated carbocycles. The van der Waals surface area contributed by atoms with Gasteiger partial charge in [-0.25, -0.2) is 0 Å². The molecule has 1 heterocycles. The van der Waals surface area contributed by atoms with Crippen LogP contribution in [0.2, 0.25) is 0 Å². The topological polar surface area (TPSA) is 46.3 Å². The fraction of sp³-hybridized carbons (Fsp3) is 0.417. The van der Waals surface area contributed by atoms with Crippen LogP contribution in [0.3, 0.4) is 0 Å². The van der Waals surface area contributed by atoms with Gasteiger partial charge in [0.1, 0.15) is 0 Å². The maximum absolute atomic E-state index is 11.9. The Labute approximate surface area is 100.0 Å². The number of nitrogens with two attached hydrogens (primary N) is 1. The van der Waals surface area contributed by atoms with Gasteiger partial charge in [-0.05, 0) is 24.6 Å². The molecule has 0 saturated heterocycles. The zero-order chi connectivity index (χ0) is 11.5. The standard InChI is InChI=1S/C12H16N2OS/c1-9-2-3-10-11(8-9)16-7-6-14(10)12(15)4-5-13/h2-3,8H,4-7,13H2,1H3. The summed E-state index contributed by atoms with van der Waals surface area (Å²) in [5.74, 6) is 1.10. The first kappa shape index (κ1) is 11.5. The quantitative estimate of drug-likeness (QED) is 0.851. The molecular weight excluding hydrogens is 220 g/mol. The van der Waals surface area contributed by atoms with Crippen LogP contribution in [0.25, 0.3) is 0 Å². The molecule has 0 radical (unpaired) electrons. The van der Waals surface area contributed by atoms with Gasteiger partial charge < -0.3 is 10.6 Å². The van der Waals surface area contributed by atoms with Crippen LogP contribution in [-0.4, -0.2) is 24.7 Å². The van der Waals surface area contributed by atoms with Crippen molar-refractivity contribution in [2.45, 2.75) is 18.2 Å². The Kier molecular flexibility index (Phi) is 3.51. The summed E-state index contributed by atoms with van der Waals surface area (Å²) in [6.07, 6.45) is 0.429. The van der Waals surface area contributed by atoms with E-state index in [9.17, 15) is 4.79 Å². The number of anilines is 1. The second-order valence-corrected chi connectivity index (χ2v) is 5.04. The number of rotatable bonds is 2. The number of nitrogens with zero attached hydrogens (tertiary/aromatic N) is 1. The zero-order valence-electron chi connectivity index (χ0n) is 9.40. The van der Waals surface area contributed by atoms with E-state index >= 15 is 0 Å².